The highest BCUT2D eigenvalue weighted by Gasteiger charge is 2.28. The van der Waals surface area contributed by atoms with Gasteiger partial charge in [-0.2, -0.15) is 4.31 Å². The van der Waals surface area contributed by atoms with E-state index in [0.717, 1.165) is 24.8 Å². The Hall–Kier alpha value is -1.40. The number of hydrogen-bond donors (Lipinski definition) is 1. The molecule has 2 rings (SSSR count). The predicted molar refractivity (Wildman–Crippen MR) is 91.0 cm³/mol. The first kappa shape index (κ1) is 17.9. The molecule has 1 heterocycles. The number of aryl methyl sites for hydroxylation is 1. The lowest BCUT2D eigenvalue weighted by Crippen LogP contribution is -2.38. The molecule has 23 heavy (non-hydrogen) atoms. The van der Waals surface area contributed by atoms with Gasteiger partial charge in [-0.25, -0.2) is 8.42 Å². The lowest BCUT2D eigenvalue weighted by atomic mass is 10.0. The molecule has 1 aromatic rings. The third kappa shape index (κ3) is 4.12. The standard InChI is InChI=1S/C17H26N2O3S/c1-4-9-18-17(20)16-12-15(6-5-14(16)3)23(21,22)19-10-7-13(2)8-11-19/h5-6,12-13H,4,7-11H2,1-3H3,(H,18,20). The van der Waals surface area contributed by atoms with Gasteiger partial charge in [0.1, 0.15) is 0 Å². The number of benzene rings is 1. The number of nitrogens with zero attached hydrogens (tertiary/aromatic N) is 1. The van der Waals surface area contributed by atoms with Crippen LogP contribution < -0.4 is 5.32 Å². The first-order chi connectivity index (χ1) is 10.9. The Morgan fingerprint density at radius 2 is 1.96 bits per heavy atom. The fraction of sp³-hybridized carbons (Fsp3) is 0.588. The quantitative estimate of drug-likeness (QED) is 0.897. The van der Waals surface area contributed by atoms with Crippen molar-refractivity contribution in [1.29, 1.82) is 0 Å². The molecule has 0 atom stereocenters. The van der Waals surface area contributed by atoms with Crippen molar-refractivity contribution in [2.45, 2.75) is 44.9 Å². The van der Waals surface area contributed by atoms with Crippen molar-refractivity contribution in [2.24, 2.45) is 5.92 Å². The monoisotopic (exact) mass is 338 g/mol. The molecule has 1 N–H and O–H groups in total. The highest BCUT2D eigenvalue weighted by atomic mass is 32.2. The number of amides is 1. The Balaban J connectivity index is 2.27. The predicted octanol–water partition coefficient (Wildman–Crippen LogP) is 2.56. The fourth-order valence-corrected chi connectivity index (χ4v) is 4.21. The zero-order valence-corrected chi connectivity index (χ0v) is 14.9. The molecule has 1 aliphatic rings. The van der Waals surface area contributed by atoms with E-state index < -0.39 is 10.0 Å². The second kappa shape index (κ2) is 7.45. The number of rotatable bonds is 5. The van der Waals surface area contributed by atoms with Crippen molar-refractivity contribution in [1.82, 2.24) is 9.62 Å². The van der Waals surface area contributed by atoms with Crippen LogP contribution in [0.3, 0.4) is 0 Å². The molecular weight excluding hydrogens is 312 g/mol. The number of piperidine rings is 1. The van der Waals surface area contributed by atoms with E-state index in [1.165, 1.54) is 10.4 Å². The molecule has 0 saturated carbocycles. The number of nitrogens with one attached hydrogen (secondary N) is 1. The molecule has 0 radical (unpaired) electrons. The Kier molecular flexibility index (Phi) is 5.81. The summed E-state index contributed by atoms with van der Waals surface area (Å²) in [6, 6.07) is 4.81. The van der Waals surface area contributed by atoms with Crippen LogP contribution in [0.5, 0.6) is 0 Å². The Morgan fingerprint density at radius 1 is 1.30 bits per heavy atom. The highest BCUT2D eigenvalue weighted by Crippen LogP contribution is 2.24. The van der Waals surface area contributed by atoms with E-state index >= 15 is 0 Å². The van der Waals surface area contributed by atoms with Gasteiger partial charge < -0.3 is 5.32 Å². The second-order valence-corrected chi connectivity index (χ2v) is 8.26. The van der Waals surface area contributed by atoms with Gasteiger partial charge in [0.05, 0.1) is 4.90 Å². The number of hydrogen-bond acceptors (Lipinski definition) is 3. The van der Waals surface area contributed by atoms with Gasteiger partial charge in [-0.15, -0.1) is 0 Å². The molecule has 0 unspecified atom stereocenters. The van der Waals surface area contributed by atoms with Crippen LogP contribution in [-0.2, 0) is 10.0 Å². The average molecular weight is 338 g/mol. The maximum atomic E-state index is 12.8. The fourth-order valence-electron chi connectivity index (χ4n) is 2.71. The number of carbonyl (C=O) groups excluding carboxylic acids is 1. The van der Waals surface area contributed by atoms with E-state index in [-0.39, 0.29) is 10.8 Å². The summed E-state index contributed by atoms with van der Waals surface area (Å²) in [5, 5.41) is 2.81. The van der Waals surface area contributed by atoms with Crippen LogP contribution in [0, 0.1) is 12.8 Å². The summed E-state index contributed by atoms with van der Waals surface area (Å²) in [7, 11) is -3.53. The maximum absolute atomic E-state index is 12.8. The highest BCUT2D eigenvalue weighted by molar-refractivity contribution is 7.89. The molecule has 5 nitrogen and oxygen atoms in total. The Labute approximate surface area is 139 Å². The smallest absolute Gasteiger partial charge is 0.251 e. The van der Waals surface area contributed by atoms with E-state index in [1.54, 1.807) is 12.1 Å². The van der Waals surface area contributed by atoms with Gasteiger partial charge in [0.15, 0.2) is 0 Å². The summed E-state index contributed by atoms with van der Waals surface area (Å²) in [6.07, 6.45) is 2.61. The van der Waals surface area contributed by atoms with Gasteiger partial charge in [0, 0.05) is 25.2 Å². The lowest BCUT2D eigenvalue weighted by molar-refractivity contribution is 0.0953. The largest absolute Gasteiger partial charge is 0.352 e. The van der Waals surface area contributed by atoms with E-state index in [4.69, 9.17) is 0 Å². The van der Waals surface area contributed by atoms with E-state index in [0.29, 0.717) is 31.1 Å². The lowest BCUT2D eigenvalue weighted by Gasteiger charge is -2.29. The summed E-state index contributed by atoms with van der Waals surface area (Å²) in [4.78, 5) is 12.4. The molecule has 1 aromatic carbocycles. The Morgan fingerprint density at radius 3 is 2.57 bits per heavy atom. The molecule has 1 fully saturated rings. The zero-order chi connectivity index (χ0) is 17.0. The molecular formula is C17H26N2O3S. The minimum Gasteiger partial charge on any atom is -0.352 e. The van der Waals surface area contributed by atoms with Crippen molar-refractivity contribution in [3.63, 3.8) is 0 Å². The van der Waals surface area contributed by atoms with Crippen LogP contribution in [0.1, 0.15) is 49.0 Å². The normalized spacial score (nSPS) is 17.2. The van der Waals surface area contributed by atoms with Crippen LogP contribution in [0.15, 0.2) is 23.1 Å². The van der Waals surface area contributed by atoms with Crippen LogP contribution in [0.25, 0.3) is 0 Å². The van der Waals surface area contributed by atoms with Gasteiger partial charge in [-0.3, -0.25) is 4.79 Å². The van der Waals surface area contributed by atoms with Gasteiger partial charge in [0.25, 0.3) is 5.91 Å². The molecule has 0 bridgehead atoms. The minimum atomic E-state index is -3.53. The molecule has 128 valence electrons. The van der Waals surface area contributed by atoms with E-state index in [2.05, 4.69) is 12.2 Å². The van der Waals surface area contributed by atoms with Gasteiger partial charge in [-0.05, 0) is 49.8 Å². The maximum Gasteiger partial charge on any atom is 0.251 e. The third-order valence-corrected chi connectivity index (χ3v) is 6.26. The molecule has 6 heteroatoms. The number of sulfonamides is 1. The van der Waals surface area contributed by atoms with Crippen molar-refractivity contribution < 1.29 is 13.2 Å². The first-order valence-corrected chi connectivity index (χ1v) is 9.69. The van der Waals surface area contributed by atoms with Gasteiger partial charge >= 0.3 is 0 Å². The van der Waals surface area contributed by atoms with Gasteiger partial charge in [-0.1, -0.05) is 19.9 Å². The first-order valence-electron chi connectivity index (χ1n) is 8.25. The zero-order valence-electron chi connectivity index (χ0n) is 14.1. The topological polar surface area (TPSA) is 66.5 Å². The summed E-state index contributed by atoms with van der Waals surface area (Å²) in [5.74, 6) is 0.350. The second-order valence-electron chi connectivity index (χ2n) is 6.32. The minimum absolute atomic E-state index is 0.208. The molecule has 1 saturated heterocycles. The summed E-state index contributed by atoms with van der Waals surface area (Å²) in [5.41, 5.74) is 1.22. The van der Waals surface area contributed by atoms with Crippen molar-refractivity contribution in [3.05, 3.63) is 29.3 Å². The van der Waals surface area contributed by atoms with Gasteiger partial charge in [0.2, 0.25) is 10.0 Å². The summed E-state index contributed by atoms with van der Waals surface area (Å²) in [6.45, 7) is 7.62. The van der Waals surface area contributed by atoms with Crippen LogP contribution in [0.2, 0.25) is 0 Å². The van der Waals surface area contributed by atoms with Crippen LogP contribution >= 0.6 is 0 Å². The third-order valence-electron chi connectivity index (χ3n) is 4.37. The Bertz CT molecular complexity index is 662. The van der Waals surface area contributed by atoms with E-state index in [1.807, 2.05) is 13.8 Å². The van der Waals surface area contributed by atoms with Crippen molar-refractivity contribution in [3.8, 4) is 0 Å². The number of carbonyl (C=O) groups is 1. The average Bonchev–Trinajstić information content (AvgIpc) is 2.53. The molecule has 0 spiro atoms. The van der Waals surface area contributed by atoms with Crippen LogP contribution in [-0.4, -0.2) is 38.3 Å². The molecule has 1 aliphatic heterocycles. The molecule has 0 aromatic heterocycles. The SMILES string of the molecule is CCCNC(=O)c1cc(S(=O)(=O)N2CCC(C)CC2)ccc1C. The summed E-state index contributed by atoms with van der Waals surface area (Å²) >= 11 is 0. The van der Waals surface area contributed by atoms with E-state index in [9.17, 15) is 13.2 Å². The van der Waals surface area contributed by atoms with Crippen molar-refractivity contribution in [2.75, 3.05) is 19.6 Å². The summed E-state index contributed by atoms with van der Waals surface area (Å²) < 4.78 is 27.1. The van der Waals surface area contributed by atoms with Crippen molar-refractivity contribution >= 4 is 15.9 Å². The van der Waals surface area contributed by atoms with Crippen LogP contribution in [0.4, 0.5) is 0 Å². The molecule has 1 amide bonds. The molecule has 0 aliphatic carbocycles.